The van der Waals surface area contributed by atoms with Gasteiger partial charge < -0.3 is 34.3 Å². The van der Waals surface area contributed by atoms with E-state index in [1.165, 1.54) is 12.0 Å². The lowest BCUT2D eigenvalue weighted by Gasteiger charge is -2.32. The molecule has 1 amide bonds. The summed E-state index contributed by atoms with van der Waals surface area (Å²) in [5, 5.41) is 21.2. The molecule has 0 bridgehead atoms. The van der Waals surface area contributed by atoms with E-state index in [4.69, 9.17) is 14.6 Å². The number of carbonyl (C=O) groups excluding carboxylic acids is 1. The summed E-state index contributed by atoms with van der Waals surface area (Å²) in [6, 6.07) is 5.69. The van der Waals surface area contributed by atoms with Crippen LogP contribution in [0.25, 0.3) is 16.9 Å². The molecule has 1 aromatic carbocycles. The summed E-state index contributed by atoms with van der Waals surface area (Å²) in [5.74, 6) is -2.91. The van der Waals surface area contributed by atoms with Crippen LogP contribution in [-0.4, -0.2) is 75.7 Å². The number of ether oxygens (including phenoxy) is 2. The van der Waals surface area contributed by atoms with Gasteiger partial charge >= 0.3 is 12.1 Å². The van der Waals surface area contributed by atoms with E-state index in [2.05, 4.69) is 10.3 Å². The SMILES string of the molecule is COC(=O)N1CCO[C@@H](Cc2c(-c3c(F)cc(NC(O)CCC(=O)O)cc3F)nc3cc(C)ccn23)C1. The fourth-order valence-corrected chi connectivity index (χ4v) is 4.35. The van der Waals surface area contributed by atoms with E-state index in [1.54, 1.807) is 16.7 Å². The molecule has 3 N–H and O–H groups in total. The zero-order valence-electron chi connectivity index (χ0n) is 20.4. The first-order valence-corrected chi connectivity index (χ1v) is 11.7. The topological polar surface area (TPSA) is 126 Å². The van der Waals surface area contributed by atoms with Crippen molar-refractivity contribution in [2.24, 2.45) is 0 Å². The number of aliphatic hydroxyl groups is 1. The highest BCUT2D eigenvalue weighted by molar-refractivity contribution is 5.71. The van der Waals surface area contributed by atoms with Gasteiger partial charge in [0.2, 0.25) is 0 Å². The number of aryl methyl sites for hydroxylation is 1. The Bertz CT molecular complexity index is 1290. The van der Waals surface area contributed by atoms with Crippen LogP contribution in [0.5, 0.6) is 0 Å². The van der Waals surface area contributed by atoms with Crippen molar-refractivity contribution in [2.45, 2.75) is 38.5 Å². The summed E-state index contributed by atoms with van der Waals surface area (Å²) in [5.41, 5.74) is 1.63. The third kappa shape index (κ3) is 5.97. The van der Waals surface area contributed by atoms with Gasteiger partial charge in [-0.3, -0.25) is 4.79 Å². The summed E-state index contributed by atoms with van der Waals surface area (Å²) in [6.45, 7) is 2.79. The number of carboxylic acid groups (broad SMARTS) is 1. The maximum Gasteiger partial charge on any atom is 0.409 e. The number of fused-ring (bicyclic) bond motifs is 1. The van der Waals surface area contributed by atoms with Gasteiger partial charge in [0.15, 0.2) is 0 Å². The minimum atomic E-state index is -1.30. The quantitative estimate of drug-likeness (QED) is 0.388. The van der Waals surface area contributed by atoms with Gasteiger partial charge in [0.25, 0.3) is 0 Å². The number of carboxylic acids is 1. The number of rotatable bonds is 8. The number of nitrogens with zero attached hydrogens (tertiary/aromatic N) is 3. The average Bonchev–Trinajstić information content (AvgIpc) is 3.18. The first-order chi connectivity index (χ1) is 17.7. The zero-order chi connectivity index (χ0) is 26.7. The lowest BCUT2D eigenvalue weighted by Crippen LogP contribution is -2.46. The predicted octanol–water partition coefficient (Wildman–Crippen LogP) is 3.19. The summed E-state index contributed by atoms with van der Waals surface area (Å²) < 4.78 is 43.1. The lowest BCUT2D eigenvalue weighted by atomic mass is 10.0. The van der Waals surface area contributed by atoms with Crippen LogP contribution in [0, 0.1) is 18.6 Å². The van der Waals surface area contributed by atoms with Crippen LogP contribution in [-0.2, 0) is 20.7 Å². The Morgan fingerprint density at radius 2 is 2.03 bits per heavy atom. The van der Waals surface area contributed by atoms with E-state index in [0.29, 0.717) is 17.9 Å². The molecule has 1 saturated heterocycles. The number of benzene rings is 1. The molecule has 1 aliphatic heterocycles. The van der Waals surface area contributed by atoms with E-state index in [-0.39, 0.29) is 49.4 Å². The average molecular weight is 519 g/mol. The number of hydrogen-bond donors (Lipinski definition) is 3. The predicted molar refractivity (Wildman–Crippen MR) is 129 cm³/mol. The molecule has 3 aromatic rings. The van der Waals surface area contributed by atoms with Gasteiger partial charge in [-0.1, -0.05) is 0 Å². The lowest BCUT2D eigenvalue weighted by molar-refractivity contribution is -0.137. The molecule has 12 heteroatoms. The number of aliphatic hydroxyl groups excluding tert-OH is 1. The van der Waals surface area contributed by atoms with Crippen molar-refractivity contribution >= 4 is 23.4 Å². The third-order valence-electron chi connectivity index (χ3n) is 6.12. The molecule has 4 rings (SSSR count). The largest absolute Gasteiger partial charge is 0.481 e. The monoisotopic (exact) mass is 518 g/mol. The Morgan fingerprint density at radius 3 is 2.70 bits per heavy atom. The van der Waals surface area contributed by atoms with Crippen LogP contribution < -0.4 is 5.32 Å². The molecular weight excluding hydrogens is 490 g/mol. The van der Waals surface area contributed by atoms with E-state index < -0.39 is 36.0 Å². The number of nitrogens with one attached hydrogen (secondary N) is 1. The van der Waals surface area contributed by atoms with Crippen LogP contribution in [0.4, 0.5) is 19.3 Å². The molecule has 2 atom stereocenters. The Hall–Kier alpha value is -3.77. The molecule has 1 unspecified atom stereocenters. The summed E-state index contributed by atoms with van der Waals surface area (Å²) >= 11 is 0. The Kier molecular flexibility index (Phi) is 7.89. The number of morpholine rings is 1. The highest BCUT2D eigenvalue weighted by Crippen LogP contribution is 2.33. The minimum absolute atomic E-state index is 0.0397. The molecule has 198 valence electrons. The zero-order valence-corrected chi connectivity index (χ0v) is 20.4. The number of hydrogen-bond acceptors (Lipinski definition) is 7. The number of pyridine rings is 1. The Morgan fingerprint density at radius 1 is 1.30 bits per heavy atom. The van der Waals surface area contributed by atoms with Crippen LogP contribution >= 0.6 is 0 Å². The number of halogens is 2. The van der Waals surface area contributed by atoms with E-state index >= 15 is 8.78 Å². The van der Waals surface area contributed by atoms with Gasteiger partial charge in [0, 0.05) is 37.7 Å². The number of aliphatic carboxylic acids is 1. The molecule has 0 saturated carbocycles. The number of methoxy groups -OCH3 is 1. The molecule has 0 spiro atoms. The number of imidazole rings is 1. The van der Waals surface area contributed by atoms with Crippen molar-refractivity contribution in [3.05, 3.63) is 53.4 Å². The fourth-order valence-electron chi connectivity index (χ4n) is 4.35. The minimum Gasteiger partial charge on any atom is -0.481 e. The number of carbonyl (C=O) groups is 2. The fraction of sp³-hybridized carbons (Fsp3) is 0.400. The van der Waals surface area contributed by atoms with Crippen molar-refractivity contribution in [1.82, 2.24) is 14.3 Å². The normalized spacial score (nSPS) is 16.6. The molecule has 1 fully saturated rings. The maximum absolute atomic E-state index is 15.3. The Balaban J connectivity index is 1.68. The van der Waals surface area contributed by atoms with Gasteiger partial charge in [0.1, 0.15) is 23.5 Å². The van der Waals surface area contributed by atoms with Crippen LogP contribution in [0.1, 0.15) is 24.1 Å². The van der Waals surface area contributed by atoms with Crippen molar-refractivity contribution in [1.29, 1.82) is 0 Å². The number of aromatic nitrogens is 2. The molecule has 3 heterocycles. The standard InChI is InChI=1S/C25H28F2N4O6/c1-14-5-6-31-19(12-16-13-30(7-8-37-16)25(35)36-2)24(29-20(31)9-14)23-17(26)10-15(11-18(23)27)28-21(32)3-4-22(33)34/h5-6,9-11,16,21,28,32H,3-4,7-8,12-13H2,1-2H3,(H,33,34)/t16-,21?/m0/s1. The summed E-state index contributed by atoms with van der Waals surface area (Å²) in [4.78, 5) is 28.7. The van der Waals surface area contributed by atoms with Gasteiger partial charge in [0.05, 0.1) is 43.3 Å². The molecule has 37 heavy (non-hydrogen) atoms. The van der Waals surface area contributed by atoms with Crippen LogP contribution in [0.2, 0.25) is 0 Å². The second kappa shape index (κ2) is 11.1. The second-order valence-corrected chi connectivity index (χ2v) is 8.86. The maximum atomic E-state index is 15.3. The van der Waals surface area contributed by atoms with Crippen molar-refractivity contribution in [3.63, 3.8) is 0 Å². The van der Waals surface area contributed by atoms with Gasteiger partial charge in [-0.05, 0) is 36.8 Å². The molecular formula is C25H28F2N4O6. The number of amides is 1. The number of anilines is 1. The second-order valence-electron chi connectivity index (χ2n) is 8.86. The molecule has 0 radical (unpaired) electrons. The highest BCUT2D eigenvalue weighted by atomic mass is 19.1. The Labute approximate surface area is 211 Å². The van der Waals surface area contributed by atoms with Gasteiger partial charge in [-0.25, -0.2) is 18.6 Å². The van der Waals surface area contributed by atoms with Gasteiger partial charge in [-0.2, -0.15) is 0 Å². The van der Waals surface area contributed by atoms with Crippen molar-refractivity contribution < 1.29 is 38.1 Å². The molecule has 10 nitrogen and oxygen atoms in total. The van der Waals surface area contributed by atoms with E-state index in [0.717, 1.165) is 17.7 Å². The van der Waals surface area contributed by atoms with E-state index in [9.17, 15) is 14.7 Å². The summed E-state index contributed by atoms with van der Waals surface area (Å²) in [6.07, 6.45) is -0.687. The van der Waals surface area contributed by atoms with E-state index in [1.807, 2.05) is 13.0 Å². The molecule has 1 aliphatic rings. The van der Waals surface area contributed by atoms with Crippen LogP contribution in [0.3, 0.4) is 0 Å². The first-order valence-electron chi connectivity index (χ1n) is 11.7. The highest BCUT2D eigenvalue weighted by Gasteiger charge is 2.29. The third-order valence-corrected chi connectivity index (χ3v) is 6.12. The van der Waals surface area contributed by atoms with Crippen molar-refractivity contribution in [2.75, 3.05) is 32.1 Å². The van der Waals surface area contributed by atoms with Gasteiger partial charge in [-0.15, -0.1) is 0 Å². The van der Waals surface area contributed by atoms with Crippen molar-refractivity contribution in [3.8, 4) is 11.3 Å². The summed E-state index contributed by atoms with van der Waals surface area (Å²) in [7, 11) is 1.30. The smallest absolute Gasteiger partial charge is 0.409 e. The first kappa shape index (κ1) is 26.3. The molecule has 0 aliphatic carbocycles. The van der Waals surface area contributed by atoms with Crippen LogP contribution in [0.15, 0.2) is 30.5 Å². The molecule has 2 aromatic heterocycles.